The van der Waals surface area contributed by atoms with Crippen molar-refractivity contribution in [3.8, 4) is 0 Å². The molecule has 32 heavy (non-hydrogen) atoms. The molecule has 4 rings (SSSR count). The third kappa shape index (κ3) is 4.83. The van der Waals surface area contributed by atoms with Gasteiger partial charge in [0, 0.05) is 38.0 Å². The molecule has 0 aromatic carbocycles. The predicted octanol–water partition coefficient (Wildman–Crippen LogP) is 2.92. The lowest BCUT2D eigenvalue weighted by atomic mass is 10.2. The molecule has 1 fully saturated rings. The van der Waals surface area contributed by atoms with Gasteiger partial charge >= 0.3 is 0 Å². The molecule has 1 atom stereocenters. The number of hydrogen-bond donors (Lipinski definition) is 2. The van der Waals surface area contributed by atoms with Crippen LogP contribution in [0.15, 0.2) is 18.2 Å². The molecule has 0 bridgehead atoms. The van der Waals surface area contributed by atoms with E-state index in [0.717, 1.165) is 72.5 Å². The summed E-state index contributed by atoms with van der Waals surface area (Å²) in [7, 11) is 0. The molecule has 0 radical (unpaired) electrons. The third-order valence-electron chi connectivity index (χ3n) is 5.70. The van der Waals surface area contributed by atoms with Gasteiger partial charge in [-0.2, -0.15) is 10.1 Å². The van der Waals surface area contributed by atoms with Gasteiger partial charge in [-0.25, -0.2) is 9.97 Å². The average Bonchev–Trinajstić information content (AvgIpc) is 3.17. The summed E-state index contributed by atoms with van der Waals surface area (Å²) in [5.41, 5.74) is 3.81. The highest BCUT2D eigenvalue weighted by Gasteiger charge is 2.23. The molecule has 0 amide bonds. The minimum absolute atomic E-state index is 0.391. The second-order valence-electron chi connectivity index (χ2n) is 8.08. The van der Waals surface area contributed by atoms with Crippen LogP contribution < -0.4 is 15.5 Å². The van der Waals surface area contributed by atoms with Crippen molar-refractivity contribution in [1.82, 2.24) is 30.0 Å². The van der Waals surface area contributed by atoms with E-state index in [2.05, 4.69) is 36.3 Å². The Labute approximate surface area is 189 Å². The molecule has 1 aliphatic heterocycles. The first kappa shape index (κ1) is 22.4. The topological polar surface area (TPSA) is 93.0 Å². The van der Waals surface area contributed by atoms with Crippen molar-refractivity contribution in [2.24, 2.45) is 0 Å². The van der Waals surface area contributed by atoms with Gasteiger partial charge in [-0.1, -0.05) is 19.9 Å². The Hall–Kier alpha value is -2.78. The van der Waals surface area contributed by atoms with Crippen molar-refractivity contribution < 1.29 is 4.74 Å². The van der Waals surface area contributed by atoms with Crippen LogP contribution in [-0.2, 0) is 24.1 Å². The summed E-state index contributed by atoms with van der Waals surface area (Å²) in [6, 6.07) is 6.42. The molecule has 1 aliphatic rings. The van der Waals surface area contributed by atoms with E-state index in [1.54, 1.807) is 0 Å². The van der Waals surface area contributed by atoms with Gasteiger partial charge < -0.3 is 20.3 Å². The van der Waals surface area contributed by atoms with Crippen molar-refractivity contribution in [2.75, 3.05) is 43.1 Å². The van der Waals surface area contributed by atoms with E-state index < -0.39 is 0 Å². The van der Waals surface area contributed by atoms with E-state index >= 15 is 0 Å². The molecule has 0 spiro atoms. The van der Waals surface area contributed by atoms with Crippen LogP contribution >= 0.6 is 0 Å². The van der Waals surface area contributed by atoms with E-state index in [9.17, 15) is 0 Å². The lowest BCUT2D eigenvalue weighted by Gasteiger charge is -2.32. The van der Waals surface area contributed by atoms with Gasteiger partial charge in [0.2, 0.25) is 5.95 Å². The van der Waals surface area contributed by atoms with Gasteiger partial charge in [0.1, 0.15) is 16.9 Å². The molecule has 172 valence electrons. The van der Waals surface area contributed by atoms with E-state index in [1.807, 2.05) is 29.8 Å². The average molecular weight is 439 g/mol. The normalized spacial score (nSPS) is 16.6. The fraction of sp³-hybridized carbons (Fsp3) is 0.565. The Bertz CT molecular complexity index is 1050. The van der Waals surface area contributed by atoms with Crippen LogP contribution in [0, 0.1) is 0 Å². The maximum atomic E-state index is 5.60. The number of hydrogen-bond acceptors (Lipinski definition) is 8. The van der Waals surface area contributed by atoms with Crippen molar-refractivity contribution in [3.05, 3.63) is 29.6 Å². The number of piperazine rings is 1. The highest BCUT2D eigenvalue weighted by molar-refractivity contribution is 5.90. The number of aromatic nitrogens is 5. The van der Waals surface area contributed by atoms with Crippen molar-refractivity contribution >= 4 is 28.6 Å². The second kappa shape index (κ2) is 10.2. The standard InChI is InChI=1S/C23H34N8O/c1-5-17-9-8-10-19(25-17)26-22-21-20(18(6-2)29-31(21)13-14-32-7-3)27-23(28-22)30-12-11-24-16(4)15-30/h8-10,16,24H,5-7,11-15H2,1-4H3,(H,25,26,27,28)/t16-/m1/s1. The molecule has 9 heteroatoms. The zero-order chi connectivity index (χ0) is 22.5. The number of rotatable bonds is 9. The Morgan fingerprint density at radius 1 is 1.16 bits per heavy atom. The molecule has 0 saturated carbocycles. The maximum absolute atomic E-state index is 5.60. The van der Waals surface area contributed by atoms with Crippen LogP contribution in [0.4, 0.5) is 17.6 Å². The first-order chi connectivity index (χ1) is 15.6. The fourth-order valence-electron chi connectivity index (χ4n) is 4.04. The molecule has 3 aromatic rings. The largest absolute Gasteiger partial charge is 0.380 e. The maximum Gasteiger partial charge on any atom is 0.228 e. The SMILES string of the molecule is CCOCCn1nc(CC)c2nc(N3CCN[C@H](C)C3)nc(Nc3cccc(CC)n3)c21. The smallest absolute Gasteiger partial charge is 0.228 e. The number of anilines is 3. The molecule has 4 heterocycles. The van der Waals surface area contributed by atoms with Crippen molar-refractivity contribution in [3.63, 3.8) is 0 Å². The monoisotopic (exact) mass is 438 g/mol. The Morgan fingerprint density at radius 2 is 2.03 bits per heavy atom. The van der Waals surface area contributed by atoms with Crippen molar-refractivity contribution in [1.29, 1.82) is 0 Å². The van der Waals surface area contributed by atoms with Crippen LogP contribution in [0.5, 0.6) is 0 Å². The Balaban J connectivity index is 1.81. The number of aryl methyl sites for hydroxylation is 2. The molecule has 3 aromatic heterocycles. The van der Waals surface area contributed by atoms with Crippen LogP contribution in [0.3, 0.4) is 0 Å². The van der Waals surface area contributed by atoms with Crippen molar-refractivity contribution in [2.45, 2.75) is 53.1 Å². The van der Waals surface area contributed by atoms with Gasteiger partial charge in [-0.15, -0.1) is 0 Å². The highest BCUT2D eigenvalue weighted by atomic mass is 16.5. The number of nitrogens with zero attached hydrogens (tertiary/aromatic N) is 6. The summed E-state index contributed by atoms with van der Waals surface area (Å²) in [6.07, 6.45) is 1.68. The number of ether oxygens (including phenoxy) is 1. The lowest BCUT2D eigenvalue weighted by Crippen LogP contribution is -2.49. The molecular formula is C23H34N8O. The summed E-state index contributed by atoms with van der Waals surface area (Å²) in [5.74, 6) is 2.25. The quantitative estimate of drug-likeness (QED) is 0.493. The van der Waals surface area contributed by atoms with Gasteiger partial charge in [0.15, 0.2) is 5.82 Å². The van der Waals surface area contributed by atoms with Gasteiger partial charge in [-0.3, -0.25) is 4.68 Å². The van der Waals surface area contributed by atoms with Crippen LogP contribution in [0.25, 0.3) is 11.0 Å². The molecule has 0 unspecified atom stereocenters. The second-order valence-corrected chi connectivity index (χ2v) is 8.08. The third-order valence-corrected chi connectivity index (χ3v) is 5.70. The van der Waals surface area contributed by atoms with E-state index in [4.69, 9.17) is 24.8 Å². The van der Waals surface area contributed by atoms with E-state index in [-0.39, 0.29) is 0 Å². The first-order valence-corrected chi connectivity index (χ1v) is 11.7. The minimum Gasteiger partial charge on any atom is -0.380 e. The Kier molecular flexibility index (Phi) is 7.16. The molecule has 0 aliphatic carbocycles. The molecule has 1 saturated heterocycles. The Morgan fingerprint density at radius 3 is 2.78 bits per heavy atom. The zero-order valence-electron chi connectivity index (χ0n) is 19.6. The van der Waals surface area contributed by atoms with Crippen LogP contribution in [0.2, 0.25) is 0 Å². The van der Waals surface area contributed by atoms with E-state index in [1.165, 1.54) is 0 Å². The van der Waals surface area contributed by atoms with Crippen LogP contribution in [0.1, 0.15) is 39.1 Å². The lowest BCUT2D eigenvalue weighted by molar-refractivity contribution is 0.137. The zero-order valence-corrected chi connectivity index (χ0v) is 19.6. The summed E-state index contributed by atoms with van der Waals surface area (Å²) in [5, 5.41) is 11.8. The summed E-state index contributed by atoms with van der Waals surface area (Å²) in [6.45, 7) is 13.0. The molecule has 2 N–H and O–H groups in total. The van der Waals surface area contributed by atoms with E-state index in [0.29, 0.717) is 25.8 Å². The van der Waals surface area contributed by atoms with Crippen LogP contribution in [-0.4, -0.2) is 63.6 Å². The summed E-state index contributed by atoms with van der Waals surface area (Å²) < 4.78 is 7.57. The predicted molar refractivity (Wildman–Crippen MR) is 128 cm³/mol. The van der Waals surface area contributed by atoms with Gasteiger partial charge in [0.25, 0.3) is 0 Å². The van der Waals surface area contributed by atoms with Gasteiger partial charge in [0.05, 0.1) is 18.8 Å². The molecule has 9 nitrogen and oxygen atoms in total. The number of nitrogens with one attached hydrogen (secondary N) is 2. The highest BCUT2D eigenvalue weighted by Crippen LogP contribution is 2.29. The van der Waals surface area contributed by atoms with Gasteiger partial charge in [-0.05, 0) is 38.8 Å². The fourth-order valence-corrected chi connectivity index (χ4v) is 4.04. The number of pyridine rings is 1. The minimum atomic E-state index is 0.391. The molecular weight excluding hydrogens is 404 g/mol. The first-order valence-electron chi connectivity index (χ1n) is 11.7. The number of fused-ring (bicyclic) bond motifs is 1. The summed E-state index contributed by atoms with van der Waals surface area (Å²) >= 11 is 0. The summed E-state index contributed by atoms with van der Waals surface area (Å²) in [4.78, 5) is 17.0.